The fourth-order valence-corrected chi connectivity index (χ4v) is 3.23. The zero-order chi connectivity index (χ0) is 19.4. The number of rotatable bonds is 6. The molecule has 3 rings (SSSR count). The zero-order valence-corrected chi connectivity index (χ0v) is 16.5. The van der Waals surface area contributed by atoms with E-state index in [2.05, 4.69) is 17.3 Å². The van der Waals surface area contributed by atoms with Gasteiger partial charge in [-0.05, 0) is 45.2 Å². The number of benzene rings is 2. The van der Waals surface area contributed by atoms with Crippen LogP contribution in [-0.2, 0) is 11.3 Å². The van der Waals surface area contributed by atoms with E-state index in [1.807, 2.05) is 66.0 Å². The monoisotopic (exact) mass is 382 g/mol. The molecule has 3 aromatic rings. The van der Waals surface area contributed by atoms with Gasteiger partial charge in [-0.2, -0.15) is 5.10 Å². The molecule has 5 nitrogen and oxygen atoms in total. The lowest BCUT2D eigenvalue weighted by atomic mass is 10.2. The van der Waals surface area contributed by atoms with E-state index < -0.39 is 0 Å². The van der Waals surface area contributed by atoms with E-state index in [9.17, 15) is 4.79 Å². The first-order chi connectivity index (χ1) is 13.0. The SMILES string of the molecule is Cc1nn(-c2ccccc2)c(C)c1CN(C)CC(=O)Nc1ccccc1Cl. The Morgan fingerprint density at radius 3 is 2.48 bits per heavy atom. The Bertz CT molecular complexity index is 937. The summed E-state index contributed by atoms with van der Waals surface area (Å²) >= 11 is 6.10. The molecule has 0 bridgehead atoms. The van der Waals surface area contributed by atoms with E-state index in [0.29, 0.717) is 17.3 Å². The molecule has 0 unspecified atom stereocenters. The van der Waals surface area contributed by atoms with Gasteiger partial charge in [0.25, 0.3) is 0 Å². The smallest absolute Gasteiger partial charge is 0.238 e. The summed E-state index contributed by atoms with van der Waals surface area (Å²) in [6.45, 7) is 4.96. The van der Waals surface area contributed by atoms with Gasteiger partial charge in [0.2, 0.25) is 5.91 Å². The van der Waals surface area contributed by atoms with Crippen molar-refractivity contribution < 1.29 is 4.79 Å². The summed E-state index contributed by atoms with van der Waals surface area (Å²) in [5.41, 5.74) is 4.84. The highest BCUT2D eigenvalue weighted by molar-refractivity contribution is 6.33. The zero-order valence-electron chi connectivity index (χ0n) is 15.7. The summed E-state index contributed by atoms with van der Waals surface area (Å²) in [6.07, 6.45) is 0. The molecule has 1 aromatic heterocycles. The highest BCUT2D eigenvalue weighted by Gasteiger charge is 2.16. The van der Waals surface area contributed by atoms with Gasteiger partial charge < -0.3 is 5.32 Å². The molecule has 0 aliphatic heterocycles. The average molecular weight is 383 g/mol. The number of halogens is 1. The van der Waals surface area contributed by atoms with Crippen LogP contribution < -0.4 is 5.32 Å². The van der Waals surface area contributed by atoms with Crippen molar-refractivity contribution in [2.45, 2.75) is 20.4 Å². The molecule has 0 spiro atoms. The maximum absolute atomic E-state index is 12.3. The Morgan fingerprint density at radius 1 is 1.11 bits per heavy atom. The molecule has 0 saturated heterocycles. The van der Waals surface area contributed by atoms with Crippen molar-refractivity contribution in [1.29, 1.82) is 0 Å². The number of carbonyl (C=O) groups is 1. The molecule has 140 valence electrons. The normalized spacial score (nSPS) is 11.0. The molecule has 27 heavy (non-hydrogen) atoms. The number of carbonyl (C=O) groups excluding carboxylic acids is 1. The van der Waals surface area contributed by atoms with E-state index in [-0.39, 0.29) is 12.5 Å². The Hall–Kier alpha value is -2.63. The summed E-state index contributed by atoms with van der Waals surface area (Å²) in [6, 6.07) is 17.3. The molecular formula is C21H23ClN4O. The summed E-state index contributed by atoms with van der Waals surface area (Å²) in [5, 5.41) is 8.05. The fraction of sp³-hybridized carbons (Fsp3) is 0.238. The van der Waals surface area contributed by atoms with Crippen molar-refractivity contribution in [1.82, 2.24) is 14.7 Å². The standard InChI is InChI=1S/C21H23ClN4O/c1-15-18(16(2)26(24-15)17-9-5-4-6-10-17)13-25(3)14-21(27)23-20-12-8-7-11-19(20)22/h4-12H,13-14H2,1-3H3,(H,23,27). The second-order valence-electron chi connectivity index (χ2n) is 6.60. The number of nitrogens with one attached hydrogen (secondary N) is 1. The number of para-hydroxylation sites is 2. The minimum atomic E-state index is -0.101. The molecular weight excluding hydrogens is 360 g/mol. The second-order valence-corrected chi connectivity index (χ2v) is 7.00. The Labute approximate surface area is 164 Å². The third-order valence-corrected chi connectivity index (χ3v) is 4.76. The quantitative estimate of drug-likeness (QED) is 0.694. The van der Waals surface area contributed by atoms with Crippen molar-refractivity contribution in [2.24, 2.45) is 0 Å². The van der Waals surface area contributed by atoms with Crippen LogP contribution in [0.4, 0.5) is 5.69 Å². The van der Waals surface area contributed by atoms with Gasteiger partial charge >= 0.3 is 0 Å². The van der Waals surface area contributed by atoms with Gasteiger partial charge in [-0.15, -0.1) is 0 Å². The van der Waals surface area contributed by atoms with Gasteiger partial charge in [-0.1, -0.05) is 41.9 Å². The number of nitrogens with zero attached hydrogens (tertiary/aromatic N) is 3. The van der Waals surface area contributed by atoms with Crippen LogP contribution >= 0.6 is 11.6 Å². The molecule has 0 saturated carbocycles. The number of likely N-dealkylation sites (N-methyl/N-ethyl adjacent to an activating group) is 1. The van der Waals surface area contributed by atoms with Crippen LogP contribution in [0.1, 0.15) is 17.0 Å². The molecule has 0 fully saturated rings. The van der Waals surface area contributed by atoms with Crippen LogP contribution in [0.15, 0.2) is 54.6 Å². The lowest BCUT2D eigenvalue weighted by molar-refractivity contribution is -0.117. The predicted octanol–water partition coefficient (Wildman–Crippen LogP) is 4.21. The van der Waals surface area contributed by atoms with Crippen LogP contribution in [0.25, 0.3) is 5.69 Å². The maximum atomic E-state index is 12.3. The van der Waals surface area contributed by atoms with Crippen LogP contribution in [-0.4, -0.2) is 34.2 Å². The summed E-state index contributed by atoms with van der Waals surface area (Å²) in [5.74, 6) is -0.101. The van der Waals surface area contributed by atoms with Crippen molar-refractivity contribution in [3.8, 4) is 5.69 Å². The van der Waals surface area contributed by atoms with E-state index in [0.717, 1.165) is 22.6 Å². The summed E-state index contributed by atoms with van der Waals surface area (Å²) < 4.78 is 1.95. The minimum Gasteiger partial charge on any atom is -0.324 e. The first-order valence-electron chi connectivity index (χ1n) is 8.79. The second kappa shape index (κ2) is 8.37. The number of anilines is 1. The molecule has 0 atom stereocenters. The summed E-state index contributed by atoms with van der Waals surface area (Å²) in [7, 11) is 1.92. The summed E-state index contributed by atoms with van der Waals surface area (Å²) in [4.78, 5) is 14.3. The van der Waals surface area contributed by atoms with Crippen LogP contribution in [0.2, 0.25) is 5.02 Å². The lowest BCUT2D eigenvalue weighted by Crippen LogP contribution is -2.30. The van der Waals surface area contributed by atoms with Crippen molar-refractivity contribution in [3.63, 3.8) is 0 Å². The maximum Gasteiger partial charge on any atom is 0.238 e. The number of aromatic nitrogens is 2. The third kappa shape index (κ3) is 4.56. The number of amides is 1. The lowest BCUT2D eigenvalue weighted by Gasteiger charge is -2.17. The molecule has 0 radical (unpaired) electrons. The van der Waals surface area contributed by atoms with Crippen LogP contribution in [0.3, 0.4) is 0 Å². The fourth-order valence-electron chi connectivity index (χ4n) is 3.05. The molecule has 1 N–H and O–H groups in total. The highest BCUT2D eigenvalue weighted by atomic mass is 35.5. The third-order valence-electron chi connectivity index (χ3n) is 4.43. The van der Waals surface area contributed by atoms with Gasteiger partial charge in [0.15, 0.2) is 0 Å². The van der Waals surface area contributed by atoms with E-state index >= 15 is 0 Å². The first-order valence-corrected chi connectivity index (χ1v) is 9.17. The first kappa shape index (κ1) is 19.1. The van der Waals surface area contributed by atoms with E-state index in [1.54, 1.807) is 12.1 Å². The van der Waals surface area contributed by atoms with Crippen molar-refractivity contribution in [2.75, 3.05) is 18.9 Å². The minimum absolute atomic E-state index is 0.101. The molecule has 1 amide bonds. The largest absolute Gasteiger partial charge is 0.324 e. The van der Waals surface area contributed by atoms with Crippen LogP contribution in [0.5, 0.6) is 0 Å². The van der Waals surface area contributed by atoms with Gasteiger partial charge in [0, 0.05) is 17.8 Å². The Balaban J connectivity index is 1.68. The topological polar surface area (TPSA) is 50.2 Å². The van der Waals surface area contributed by atoms with Gasteiger partial charge in [0.05, 0.1) is 28.6 Å². The Kier molecular flexibility index (Phi) is 5.94. The Morgan fingerprint density at radius 2 is 1.78 bits per heavy atom. The number of aryl methyl sites for hydroxylation is 1. The van der Waals surface area contributed by atoms with Crippen molar-refractivity contribution in [3.05, 3.63) is 76.6 Å². The highest BCUT2D eigenvalue weighted by Crippen LogP contribution is 2.21. The van der Waals surface area contributed by atoms with Crippen molar-refractivity contribution >= 4 is 23.2 Å². The molecule has 2 aromatic carbocycles. The molecule has 6 heteroatoms. The predicted molar refractivity (Wildman–Crippen MR) is 109 cm³/mol. The molecule has 1 heterocycles. The van der Waals surface area contributed by atoms with Gasteiger partial charge in [-0.3, -0.25) is 9.69 Å². The van der Waals surface area contributed by atoms with Crippen LogP contribution in [0, 0.1) is 13.8 Å². The van der Waals surface area contributed by atoms with E-state index in [1.165, 1.54) is 0 Å². The average Bonchev–Trinajstić information content (AvgIpc) is 2.92. The number of hydrogen-bond acceptors (Lipinski definition) is 3. The van der Waals surface area contributed by atoms with Gasteiger partial charge in [0.1, 0.15) is 0 Å². The molecule has 0 aliphatic rings. The molecule has 0 aliphatic carbocycles. The van der Waals surface area contributed by atoms with E-state index in [4.69, 9.17) is 11.6 Å². The van der Waals surface area contributed by atoms with Gasteiger partial charge in [-0.25, -0.2) is 4.68 Å². The number of hydrogen-bond donors (Lipinski definition) is 1.